The summed E-state index contributed by atoms with van der Waals surface area (Å²) < 4.78 is 6.78. The number of anilines is 1. The lowest BCUT2D eigenvalue weighted by Gasteiger charge is -2.23. The lowest BCUT2D eigenvalue weighted by atomic mass is 9.97. The molecule has 0 bridgehead atoms. The van der Waals surface area contributed by atoms with Crippen LogP contribution in [0.1, 0.15) is 32.6 Å². The molecule has 1 aromatic heterocycles. The molecule has 1 saturated carbocycles. The molecule has 2 aliphatic rings. The zero-order valence-electron chi connectivity index (χ0n) is 17.9. The minimum atomic E-state index is -0.969. The molecule has 1 spiro atoms. The van der Waals surface area contributed by atoms with Crippen molar-refractivity contribution in [3.63, 3.8) is 0 Å². The second-order valence-electron chi connectivity index (χ2n) is 8.57. The molecule has 2 heterocycles. The summed E-state index contributed by atoms with van der Waals surface area (Å²) in [5, 5.41) is 5.54. The largest absolute Gasteiger partial charge is 0.419 e. The molecule has 4 rings (SSSR count). The SMILES string of the molecule is CC(C(=O)Nc1ccc2oc(=O)n(CCN(C)C)c2c1)N1C(=O)NC2(CCCC2)C1=O. The van der Waals surface area contributed by atoms with Crippen molar-refractivity contribution in [2.24, 2.45) is 0 Å². The third kappa shape index (κ3) is 3.71. The van der Waals surface area contributed by atoms with Gasteiger partial charge in [0.2, 0.25) is 5.91 Å². The summed E-state index contributed by atoms with van der Waals surface area (Å²) >= 11 is 0. The molecular formula is C21H27N5O5. The summed E-state index contributed by atoms with van der Waals surface area (Å²) in [6.45, 7) is 2.62. The van der Waals surface area contributed by atoms with Crippen molar-refractivity contribution in [2.75, 3.05) is 26.0 Å². The number of imide groups is 1. The summed E-state index contributed by atoms with van der Waals surface area (Å²) in [5.41, 5.74) is 0.583. The first-order valence-corrected chi connectivity index (χ1v) is 10.5. The average molecular weight is 429 g/mol. The molecule has 1 aromatic carbocycles. The number of aromatic nitrogens is 1. The molecule has 1 atom stereocenters. The Morgan fingerprint density at radius 2 is 1.97 bits per heavy atom. The Hall–Kier alpha value is -3.14. The van der Waals surface area contributed by atoms with E-state index < -0.39 is 29.3 Å². The van der Waals surface area contributed by atoms with Gasteiger partial charge in [-0.25, -0.2) is 14.5 Å². The second kappa shape index (κ2) is 7.84. The molecule has 1 unspecified atom stereocenters. The topological polar surface area (TPSA) is 117 Å². The fourth-order valence-electron chi connectivity index (χ4n) is 4.33. The van der Waals surface area contributed by atoms with Gasteiger partial charge in [-0.2, -0.15) is 0 Å². The van der Waals surface area contributed by atoms with Crippen molar-refractivity contribution >= 4 is 34.6 Å². The van der Waals surface area contributed by atoms with Crippen LogP contribution in [0.3, 0.4) is 0 Å². The van der Waals surface area contributed by atoms with Crippen LogP contribution in [0.2, 0.25) is 0 Å². The molecule has 1 aliphatic heterocycles. The summed E-state index contributed by atoms with van der Waals surface area (Å²) in [6, 6.07) is 3.40. The maximum Gasteiger partial charge on any atom is 0.419 e. The lowest BCUT2D eigenvalue weighted by molar-refractivity contribution is -0.136. The Labute approximate surface area is 179 Å². The van der Waals surface area contributed by atoms with Crippen LogP contribution in [0.25, 0.3) is 11.1 Å². The zero-order valence-corrected chi connectivity index (χ0v) is 17.9. The standard InChI is InChI=1S/C21H27N5O5/c1-13(26-18(28)21(23-19(26)29)8-4-5-9-21)17(27)22-14-6-7-16-15(12-14)25(20(30)31-16)11-10-24(2)3/h6-7,12-13H,4-5,8-11H2,1-3H3,(H,22,27)(H,23,29). The van der Waals surface area contributed by atoms with E-state index in [0.717, 1.165) is 17.7 Å². The van der Waals surface area contributed by atoms with Crippen molar-refractivity contribution in [1.82, 2.24) is 19.7 Å². The van der Waals surface area contributed by atoms with Gasteiger partial charge < -0.3 is 20.0 Å². The summed E-state index contributed by atoms with van der Waals surface area (Å²) in [6.07, 6.45) is 2.95. The summed E-state index contributed by atoms with van der Waals surface area (Å²) in [4.78, 5) is 53.3. The van der Waals surface area contributed by atoms with Gasteiger partial charge in [0.05, 0.1) is 5.52 Å². The van der Waals surface area contributed by atoms with E-state index >= 15 is 0 Å². The number of hydrogen-bond acceptors (Lipinski definition) is 6. The van der Waals surface area contributed by atoms with E-state index in [9.17, 15) is 19.2 Å². The monoisotopic (exact) mass is 429 g/mol. The molecule has 166 valence electrons. The number of nitrogens with zero attached hydrogens (tertiary/aromatic N) is 3. The molecule has 1 saturated heterocycles. The number of carbonyl (C=O) groups excluding carboxylic acids is 3. The first-order chi connectivity index (χ1) is 14.7. The van der Waals surface area contributed by atoms with Crippen LogP contribution in [0.4, 0.5) is 10.5 Å². The Kier molecular flexibility index (Phi) is 5.34. The van der Waals surface area contributed by atoms with Crippen molar-refractivity contribution in [2.45, 2.75) is 50.7 Å². The van der Waals surface area contributed by atoms with Crippen molar-refractivity contribution in [1.29, 1.82) is 0 Å². The first-order valence-electron chi connectivity index (χ1n) is 10.5. The Morgan fingerprint density at radius 3 is 2.65 bits per heavy atom. The fraction of sp³-hybridized carbons (Fsp3) is 0.524. The average Bonchev–Trinajstić information content (AvgIpc) is 3.36. The van der Waals surface area contributed by atoms with Crippen LogP contribution in [0.15, 0.2) is 27.4 Å². The molecule has 2 N–H and O–H groups in total. The van der Waals surface area contributed by atoms with E-state index in [1.165, 1.54) is 11.5 Å². The smallest absolute Gasteiger partial charge is 0.408 e. The molecule has 2 aromatic rings. The van der Waals surface area contributed by atoms with Crippen LogP contribution in [0, 0.1) is 0 Å². The maximum atomic E-state index is 12.9. The van der Waals surface area contributed by atoms with E-state index in [4.69, 9.17) is 4.42 Å². The Bertz CT molecular complexity index is 1100. The number of likely N-dealkylation sites (N-methyl/N-ethyl adjacent to an activating group) is 1. The van der Waals surface area contributed by atoms with Gasteiger partial charge in [-0.05, 0) is 52.1 Å². The molecule has 10 nitrogen and oxygen atoms in total. The molecule has 2 fully saturated rings. The second-order valence-corrected chi connectivity index (χ2v) is 8.57. The van der Waals surface area contributed by atoms with Crippen molar-refractivity contribution < 1.29 is 18.8 Å². The number of carbonyl (C=O) groups is 3. The highest BCUT2D eigenvalue weighted by Gasteiger charge is 2.54. The third-order valence-electron chi connectivity index (χ3n) is 6.12. The van der Waals surface area contributed by atoms with E-state index in [1.54, 1.807) is 18.2 Å². The van der Waals surface area contributed by atoms with E-state index in [-0.39, 0.29) is 5.91 Å². The highest BCUT2D eigenvalue weighted by Crippen LogP contribution is 2.35. The molecular weight excluding hydrogens is 402 g/mol. The van der Waals surface area contributed by atoms with Gasteiger partial charge in [-0.3, -0.25) is 14.2 Å². The number of amides is 4. The van der Waals surface area contributed by atoms with Crippen LogP contribution >= 0.6 is 0 Å². The third-order valence-corrected chi connectivity index (χ3v) is 6.12. The summed E-state index contributed by atoms with van der Waals surface area (Å²) in [7, 11) is 3.82. The molecule has 1 aliphatic carbocycles. The molecule has 31 heavy (non-hydrogen) atoms. The molecule has 0 radical (unpaired) electrons. The number of urea groups is 1. The highest BCUT2D eigenvalue weighted by atomic mass is 16.4. The zero-order chi connectivity index (χ0) is 22.3. The van der Waals surface area contributed by atoms with Crippen LogP contribution in [-0.2, 0) is 16.1 Å². The van der Waals surface area contributed by atoms with Gasteiger partial charge in [-0.15, -0.1) is 0 Å². The normalized spacial score (nSPS) is 18.9. The number of benzene rings is 1. The number of hydrogen-bond donors (Lipinski definition) is 2. The Morgan fingerprint density at radius 1 is 1.26 bits per heavy atom. The van der Waals surface area contributed by atoms with Crippen LogP contribution in [0.5, 0.6) is 0 Å². The van der Waals surface area contributed by atoms with Gasteiger partial charge in [0.1, 0.15) is 11.6 Å². The maximum absolute atomic E-state index is 12.9. The van der Waals surface area contributed by atoms with Gasteiger partial charge >= 0.3 is 11.8 Å². The predicted octanol–water partition coefficient (Wildman–Crippen LogP) is 1.35. The van der Waals surface area contributed by atoms with Crippen LogP contribution in [-0.4, -0.2) is 64.4 Å². The number of oxazole rings is 1. The minimum Gasteiger partial charge on any atom is -0.408 e. The van der Waals surface area contributed by atoms with Gasteiger partial charge in [0.15, 0.2) is 5.58 Å². The van der Waals surface area contributed by atoms with E-state index in [1.807, 2.05) is 19.0 Å². The number of nitrogens with one attached hydrogen (secondary N) is 2. The van der Waals surface area contributed by atoms with Crippen molar-refractivity contribution in [3.8, 4) is 0 Å². The predicted molar refractivity (Wildman–Crippen MR) is 114 cm³/mol. The number of rotatable bonds is 6. The van der Waals surface area contributed by atoms with Gasteiger partial charge in [0, 0.05) is 18.8 Å². The van der Waals surface area contributed by atoms with E-state index in [0.29, 0.717) is 42.7 Å². The fourth-order valence-corrected chi connectivity index (χ4v) is 4.33. The first kappa shape index (κ1) is 21.1. The van der Waals surface area contributed by atoms with Crippen molar-refractivity contribution in [3.05, 3.63) is 28.7 Å². The molecule has 10 heteroatoms. The van der Waals surface area contributed by atoms with Crippen LogP contribution < -0.4 is 16.4 Å². The van der Waals surface area contributed by atoms with Gasteiger partial charge in [-0.1, -0.05) is 12.8 Å². The minimum absolute atomic E-state index is 0.333. The quantitative estimate of drug-likeness (QED) is 0.670. The lowest BCUT2D eigenvalue weighted by Crippen LogP contribution is -2.48. The summed E-state index contributed by atoms with van der Waals surface area (Å²) in [5.74, 6) is -1.28. The van der Waals surface area contributed by atoms with Gasteiger partial charge in [0.25, 0.3) is 5.91 Å². The highest BCUT2D eigenvalue weighted by molar-refractivity contribution is 6.11. The molecule has 4 amide bonds. The Balaban J connectivity index is 1.53. The number of fused-ring (bicyclic) bond motifs is 1. The van der Waals surface area contributed by atoms with E-state index in [2.05, 4.69) is 10.6 Å².